The van der Waals surface area contributed by atoms with Crippen LogP contribution in [0, 0.1) is 5.92 Å². The van der Waals surface area contributed by atoms with Crippen molar-refractivity contribution in [3.8, 4) is 11.5 Å². The summed E-state index contributed by atoms with van der Waals surface area (Å²) in [6.45, 7) is 0. The Morgan fingerprint density at radius 2 is 1.68 bits per heavy atom. The van der Waals surface area contributed by atoms with Crippen LogP contribution in [0.25, 0.3) is 0 Å². The van der Waals surface area contributed by atoms with E-state index in [4.69, 9.17) is 9.47 Å². The van der Waals surface area contributed by atoms with Crippen molar-refractivity contribution in [2.24, 2.45) is 5.92 Å². The summed E-state index contributed by atoms with van der Waals surface area (Å²) < 4.78 is 10.4. The molecule has 1 saturated carbocycles. The maximum Gasteiger partial charge on any atom is 0.259 e. The summed E-state index contributed by atoms with van der Waals surface area (Å²) in [4.78, 5) is 24.4. The first-order valence-corrected chi connectivity index (χ1v) is 8.05. The Morgan fingerprint density at radius 3 is 2.32 bits per heavy atom. The van der Waals surface area contributed by atoms with Gasteiger partial charge in [-0.2, -0.15) is 0 Å². The summed E-state index contributed by atoms with van der Waals surface area (Å²) in [6, 6.07) is 12.1. The van der Waals surface area contributed by atoms with Crippen LogP contribution in [0.2, 0.25) is 0 Å². The molecule has 0 aromatic heterocycles. The molecule has 0 heterocycles. The van der Waals surface area contributed by atoms with E-state index in [1.807, 2.05) is 0 Å². The molecule has 1 aliphatic rings. The Hall–Kier alpha value is -3.02. The second kappa shape index (κ2) is 7.25. The van der Waals surface area contributed by atoms with Crippen LogP contribution in [0.4, 0.5) is 11.4 Å². The van der Waals surface area contributed by atoms with Gasteiger partial charge in [0.05, 0.1) is 19.8 Å². The van der Waals surface area contributed by atoms with Crippen LogP contribution in [-0.4, -0.2) is 26.0 Å². The van der Waals surface area contributed by atoms with E-state index in [2.05, 4.69) is 10.6 Å². The minimum atomic E-state index is -0.318. The molecule has 1 fully saturated rings. The summed E-state index contributed by atoms with van der Waals surface area (Å²) in [5, 5.41) is 5.68. The molecule has 6 heteroatoms. The fourth-order valence-corrected chi connectivity index (χ4v) is 2.45. The van der Waals surface area contributed by atoms with Crippen molar-refractivity contribution < 1.29 is 19.1 Å². The first-order valence-electron chi connectivity index (χ1n) is 8.05. The highest BCUT2D eigenvalue weighted by molar-refractivity contribution is 6.07. The second-order valence-corrected chi connectivity index (χ2v) is 5.86. The van der Waals surface area contributed by atoms with Crippen molar-refractivity contribution in [1.82, 2.24) is 0 Å². The molecule has 0 aliphatic heterocycles. The van der Waals surface area contributed by atoms with Gasteiger partial charge in [-0.25, -0.2) is 0 Å². The van der Waals surface area contributed by atoms with Crippen LogP contribution in [0.1, 0.15) is 23.2 Å². The number of benzene rings is 2. The van der Waals surface area contributed by atoms with Crippen molar-refractivity contribution >= 4 is 23.2 Å². The molecule has 130 valence electrons. The average molecular weight is 340 g/mol. The predicted molar refractivity (Wildman–Crippen MR) is 95.3 cm³/mol. The zero-order valence-corrected chi connectivity index (χ0v) is 14.2. The summed E-state index contributed by atoms with van der Waals surface area (Å²) in [7, 11) is 3.04. The normalized spacial score (nSPS) is 13.0. The molecule has 6 nitrogen and oxygen atoms in total. The number of nitrogens with one attached hydrogen (secondary N) is 2. The standard InChI is InChI=1S/C19H20N2O4/c1-24-15-8-9-17(25-2)16(11-15)19(23)21-14-5-3-4-13(10-14)20-18(22)12-6-7-12/h3-5,8-12H,6-7H2,1-2H3,(H,20,22)(H,21,23). The third kappa shape index (κ3) is 4.09. The monoisotopic (exact) mass is 340 g/mol. The van der Waals surface area contributed by atoms with E-state index in [0.29, 0.717) is 28.4 Å². The van der Waals surface area contributed by atoms with Gasteiger partial charge in [-0.15, -0.1) is 0 Å². The number of amides is 2. The summed E-state index contributed by atoms with van der Waals surface area (Å²) >= 11 is 0. The van der Waals surface area contributed by atoms with Gasteiger partial charge < -0.3 is 20.1 Å². The predicted octanol–water partition coefficient (Wildman–Crippen LogP) is 3.30. The summed E-state index contributed by atoms with van der Waals surface area (Å²) in [5.41, 5.74) is 1.62. The number of carbonyl (C=O) groups is 2. The topological polar surface area (TPSA) is 76.7 Å². The summed E-state index contributed by atoms with van der Waals surface area (Å²) in [6.07, 6.45) is 1.88. The van der Waals surface area contributed by atoms with E-state index in [9.17, 15) is 9.59 Å². The minimum absolute atomic E-state index is 0.0259. The molecule has 25 heavy (non-hydrogen) atoms. The SMILES string of the molecule is COc1ccc(OC)c(C(=O)Nc2cccc(NC(=O)C3CC3)c2)c1. The molecule has 0 saturated heterocycles. The molecule has 2 N–H and O–H groups in total. The molecule has 0 unspecified atom stereocenters. The molecule has 2 amide bonds. The van der Waals surface area contributed by atoms with E-state index in [-0.39, 0.29) is 17.7 Å². The first-order chi connectivity index (χ1) is 12.1. The van der Waals surface area contributed by atoms with Gasteiger partial charge in [-0.05, 0) is 49.2 Å². The van der Waals surface area contributed by atoms with Crippen molar-refractivity contribution in [3.05, 3.63) is 48.0 Å². The highest BCUT2D eigenvalue weighted by Crippen LogP contribution is 2.30. The third-order valence-electron chi connectivity index (χ3n) is 3.99. The first kappa shape index (κ1) is 16.8. The number of rotatable bonds is 6. The molecule has 1 aliphatic carbocycles. The molecule has 2 aromatic rings. The summed E-state index contributed by atoms with van der Waals surface area (Å²) in [5.74, 6) is 0.853. The maximum atomic E-state index is 12.6. The highest BCUT2D eigenvalue weighted by Gasteiger charge is 2.29. The van der Waals surface area contributed by atoms with Crippen molar-refractivity contribution in [2.45, 2.75) is 12.8 Å². The van der Waals surface area contributed by atoms with E-state index in [1.165, 1.54) is 14.2 Å². The lowest BCUT2D eigenvalue weighted by Crippen LogP contribution is -2.15. The Kier molecular flexibility index (Phi) is 4.88. The van der Waals surface area contributed by atoms with Crippen LogP contribution < -0.4 is 20.1 Å². The van der Waals surface area contributed by atoms with Crippen LogP contribution in [0.15, 0.2) is 42.5 Å². The molecule has 0 spiro atoms. The number of carbonyl (C=O) groups excluding carboxylic acids is 2. The Morgan fingerprint density at radius 1 is 0.960 bits per heavy atom. The smallest absolute Gasteiger partial charge is 0.259 e. The number of anilines is 2. The van der Waals surface area contributed by atoms with Gasteiger partial charge in [-0.1, -0.05) is 6.07 Å². The van der Waals surface area contributed by atoms with E-state index < -0.39 is 0 Å². The van der Waals surface area contributed by atoms with E-state index in [0.717, 1.165) is 12.8 Å². The number of methoxy groups -OCH3 is 2. The van der Waals surface area contributed by atoms with E-state index >= 15 is 0 Å². The third-order valence-corrected chi connectivity index (χ3v) is 3.99. The van der Waals surface area contributed by atoms with Crippen LogP contribution in [0.5, 0.6) is 11.5 Å². The van der Waals surface area contributed by atoms with Gasteiger partial charge >= 0.3 is 0 Å². The number of hydrogen-bond acceptors (Lipinski definition) is 4. The molecule has 0 bridgehead atoms. The van der Waals surface area contributed by atoms with Crippen molar-refractivity contribution in [3.63, 3.8) is 0 Å². The van der Waals surface area contributed by atoms with Gasteiger partial charge in [0.1, 0.15) is 11.5 Å². The molecule has 3 rings (SSSR count). The molecule has 2 aromatic carbocycles. The van der Waals surface area contributed by atoms with Crippen LogP contribution >= 0.6 is 0 Å². The van der Waals surface area contributed by atoms with E-state index in [1.54, 1.807) is 42.5 Å². The fraction of sp³-hybridized carbons (Fsp3) is 0.263. The molecular formula is C19H20N2O4. The van der Waals surface area contributed by atoms with Gasteiger partial charge in [0.2, 0.25) is 5.91 Å². The lowest BCUT2D eigenvalue weighted by Gasteiger charge is -2.12. The van der Waals surface area contributed by atoms with Crippen LogP contribution in [-0.2, 0) is 4.79 Å². The van der Waals surface area contributed by atoms with Crippen LogP contribution in [0.3, 0.4) is 0 Å². The average Bonchev–Trinajstić information content (AvgIpc) is 3.46. The van der Waals surface area contributed by atoms with Gasteiger partial charge in [0.15, 0.2) is 0 Å². The maximum absolute atomic E-state index is 12.6. The number of ether oxygens (including phenoxy) is 2. The molecule has 0 atom stereocenters. The van der Waals surface area contributed by atoms with Gasteiger partial charge in [0.25, 0.3) is 5.91 Å². The zero-order valence-electron chi connectivity index (χ0n) is 14.2. The molecular weight excluding hydrogens is 320 g/mol. The number of hydrogen-bond donors (Lipinski definition) is 2. The van der Waals surface area contributed by atoms with Gasteiger partial charge in [-0.3, -0.25) is 9.59 Å². The highest BCUT2D eigenvalue weighted by atomic mass is 16.5. The molecule has 0 radical (unpaired) electrons. The Labute approximate surface area is 146 Å². The largest absolute Gasteiger partial charge is 0.497 e. The quantitative estimate of drug-likeness (QED) is 0.846. The zero-order chi connectivity index (χ0) is 17.8. The van der Waals surface area contributed by atoms with Crippen molar-refractivity contribution in [1.29, 1.82) is 0 Å². The minimum Gasteiger partial charge on any atom is -0.497 e. The fourth-order valence-electron chi connectivity index (χ4n) is 2.45. The second-order valence-electron chi connectivity index (χ2n) is 5.86. The Balaban J connectivity index is 1.75. The lowest BCUT2D eigenvalue weighted by atomic mass is 10.1. The lowest BCUT2D eigenvalue weighted by molar-refractivity contribution is -0.117. The Bertz CT molecular complexity index is 800. The van der Waals surface area contributed by atoms with Crippen molar-refractivity contribution in [2.75, 3.05) is 24.9 Å². The van der Waals surface area contributed by atoms with Gasteiger partial charge in [0, 0.05) is 17.3 Å².